The summed E-state index contributed by atoms with van der Waals surface area (Å²) in [4.78, 5) is 13.8. The summed E-state index contributed by atoms with van der Waals surface area (Å²) in [6.45, 7) is 1.72. The summed E-state index contributed by atoms with van der Waals surface area (Å²) in [6, 6.07) is 10.6. The number of nitrogens with one attached hydrogen (secondary N) is 1. The number of carbonyl (C=O) groups excluding carboxylic acids is 1. The number of hydrogen-bond acceptors (Lipinski definition) is 4. The molecule has 2 aliphatic rings. The number of rotatable bonds is 3. The predicted octanol–water partition coefficient (Wildman–Crippen LogP) is 6.40. The summed E-state index contributed by atoms with van der Waals surface area (Å²) in [5, 5.41) is 12.5. The number of fused-ring (bicyclic) bond motifs is 3. The summed E-state index contributed by atoms with van der Waals surface area (Å²) in [6.07, 6.45) is 3.15. The molecule has 0 saturated carbocycles. The molecule has 0 spiro atoms. The number of anilines is 1. The first kappa shape index (κ1) is 23.2. The van der Waals surface area contributed by atoms with E-state index in [9.17, 15) is 4.79 Å². The first-order valence-corrected chi connectivity index (χ1v) is 11.2. The van der Waals surface area contributed by atoms with Crippen molar-refractivity contribution in [3.63, 3.8) is 0 Å². The normalized spacial score (nSPS) is 15.2. The van der Waals surface area contributed by atoms with Gasteiger partial charge < -0.3 is 4.74 Å². The van der Waals surface area contributed by atoms with Crippen molar-refractivity contribution >= 4 is 58.8 Å². The van der Waals surface area contributed by atoms with Gasteiger partial charge >= 0.3 is 0 Å². The fourth-order valence-electron chi connectivity index (χ4n) is 4.12. The molecule has 1 aromatic heterocycles. The van der Waals surface area contributed by atoms with Crippen molar-refractivity contribution in [3.05, 3.63) is 62.7 Å². The van der Waals surface area contributed by atoms with Gasteiger partial charge in [-0.05, 0) is 43.2 Å². The highest BCUT2D eigenvalue weighted by molar-refractivity contribution is 6.37. The minimum Gasteiger partial charge on any atom is -0.486 e. The van der Waals surface area contributed by atoms with Crippen LogP contribution >= 0.6 is 47.2 Å². The molecule has 2 aromatic carbocycles. The number of halogens is 4. The number of aromatic nitrogens is 2. The molecule has 3 heterocycles. The van der Waals surface area contributed by atoms with Gasteiger partial charge in [0.25, 0.3) is 5.91 Å². The van der Waals surface area contributed by atoms with Crippen LogP contribution in [0.4, 0.5) is 5.69 Å². The predicted molar refractivity (Wildman–Crippen MR) is 129 cm³/mol. The Balaban J connectivity index is 0.00000245. The van der Waals surface area contributed by atoms with E-state index in [-0.39, 0.29) is 24.9 Å². The van der Waals surface area contributed by atoms with Crippen molar-refractivity contribution in [1.29, 1.82) is 0 Å². The Kier molecular flexibility index (Phi) is 6.89. The molecule has 1 N–H and O–H groups in total. The molecule has 6 nitrogen and oxygen atoms in total. The van der Waals surface area contributed by atoms with Gasteiger partial charge in [-0.2, -0.15) is 5.10 Å². The van der Waals surface area contributed by atoms with Gasteiger partial charge in [0.15, 0.2) is 0 Å². The van der Waals surface area contributed by atoms with Gasteiger partial charge in [-0.25, -0.2) is 10.0 Å². The van der Waals surface area contributed by atoms with Crippen molar-refractivity contribution in [2.24, 2.45) is 0 Å². The van der Waals surface area contributed by atoms with Crippen LogP contribution in [0.2, 0.25) is 15.1 Å². The minimum atomic E-state index is -0.242. The van der Waals surface area contributed by atoms with Gasteiger partial charge in [0.05, 0.1) is 15.7 Å². The van der Waals surface area contributed by atoms with Crippen LogP contribution in [0.25, 0.3) is 11.3 Å². The Labute approximate surface area is 206 Å². The summed E-state index contributed by atoms with van der Waals surface area (Å²) in [7, 11) is 0. The number of nitrogens with zero attached hydrogens (tertiary/aromatic N) is 3. The van der Waals surface area contributed by atoms with Crippen LogP contribution in [-0.4, -0.2) is 34.2 Å². The summed E-state index contributed by atoms with van der Waals surface area (Å²) < 4.78 is 5.88. The number of hydrogen-bond donors (Lipinski definition) is 1. The highest BCUT2D eigenvalue weighted by Crippen LogP contribution is 2.42. The molecule has 1 fully saturated rings. The van der Waals surface area contributed by atoms with Crippen LogP contribution in [0.1, 0.15) is 35.3 Å². The van der Waals surface area contributed by atoms with Crippen molar-refractivity contribution in [1.82, 2.24) is 15.2 Å². The molecule has 32 heavy (non-hydrogen) atoms. The Hall–Kier alpha value is -1.96. The van der Waals surface area contributed by atoms with Gasteiger partial charge in [0.1, 0.15) is 23.7 Å². The van der Waals surface area contributed by atoms with Crippen LogP contribution in [0.3, 0.4) is 0 Å². The molecule has 2 aliphatic heterocycles. The highest BCUT2D eigenvalue weighted by atomic mass is 35.5. The number of H-pyrrole nitrogens is 1. The van der Waals surface area contributed by atoms with Gasteiger partial charge in [-0.3, -0.25) is 9.89 Å². The number of amides is 1. The number of carbonyl (C=O) groups is 1. The fraction of sp³-hybridized carbons (Fsp3) is 0.273. The lowest BCUT2D eigenvalue weighted by Gasteiger charge is -2.37. The van der Waals surface area contributed by atoms with E-state index in [1.54, 1.807) is 29.3 Å². The molecule has 0 unspecified atom stereocenters. The largest absolute Gasteiger partial charge is 0.486 e. The number of hydrazine groups is 1. The third-order valence-corrected chi connectivity index (χ3v) is 6.44. The maximum absolute atomic E-state index is 13.8. The van der Waals surface area contributed by atoms with E-state index in [0.717, 1.165) is 37.9 Å². The number of para-hydroxylation sites is 1. The highest BCUT2D eigenvalue weighted by Gasteiger charge is 2.33. The van der Waals surface area contributed by atoms with Gasteiger partial charge in [0.2, 0.25) is 0 Å². The van der Waals surface area contributed by atoms with Gasteiger partial charge in [-0.15, -0.1) is 12.4 Å². The van der Waals surface area contributed by atoms with E-state index >= 15 is 0 Å². The summed E-state index contributed by atoms with van der Waals surface area (Å²) in [5.74, 6) is 0.338. The molecule has 0 radical (unpaired) electrons. The third kappa shape index (κ3) is 4.06. The zero-order valence-corrected chi connectivity index (χ0v) is 20.0. The van der Waals surface area contributed by atoms with E-state index in [1.165, 1.54) is 0 Å². The molecule has 168 valence electrons. The fourth-order valence-corrected chi connectivity index (χ4v) is 4.84. The number of piperidine rings is 1. The van der Waals surface area contributed by atoms with Crippen molar-refractivity contribution in [2.75, 3.05) is 18.1 Å². The molecule has 0 aliphatic carbocycles. The molecule has 0 bridgehead atoms. The standard InChI is InChI=1S/C22H19Cl3N4O2.ClH/c23-13-7-8-18(17(25)11-13)29(28-9-2-1-3-10-28)22(30)20-15-12-31-21-14(19(15)26-27-20)5-4-6-16(21)24;/h4-8,11H,1-3,9-10,12H2,(H,26,27);1H. The summed E-state index contributed by atoms with van der Waals surface area (Å²) >= 11 is 18.9. The third-order valence-electron chi connectivity index (χ3n) is 5.61. The quantitative estimate of drug-likeness (QED) is 0.440. The van der Waals surface area contributed by atoms with E-state index in [1.807, 2.05) is 17.1 Å². The first-order valence-electron chi connectivity index (χ1n) is 10.1. The number of ether oxygens (including phenoxy) is 1. The van der Waals surface area contributed by atoms with Crippen LogP contribution in [0, 0.1) is 0 Å². The lowest BCUT2D eigenvalue weighted by atomic mass is 10.0. The maximum Gasteiger partial charge on any atom is 0.291 e. The average Bonchev–Trinajstić information content (AvgIpc) is 3.21. The zero-order valence-electron chi connectivity index (χ0n) is 16.9. The van der Waals surface area contributed by atoms with Crippen LogP contribution in [-0.2, 0) is 6.61 Å². The maximum atomic E-state index is 13.8. The molecule has 0 atom stereocenters. The van der Waals surface area contributed by atoms with Crippen molar-refractivity contribution in [2.45, 2.75) is 25.9 Å². The van der Waals surface area contributed by atoms with Gasteiger partial charge in [0, 0.05) is 29.2 Å². The number of benzene rings is 2. The average molecular weight is 514 g/mol. The second-order valence-corrected chi connectivity index (χ2v) is 8.81. The van der Waals surface area contributed by atoms with E-state index in [4.69, 9.17) is 39.5 Å². The van der Waals surface area contributed by atoms with E-state index in [0.29, 0.717) is 43.5 Å². The molecular formula is C22H20Cl4N4O2. The minimum absolute atomic E-state index is 0. The number of aromatic amines is 1. The lowest BCUT2D eigenvalue weighted by molar-refractivity contribution is 0.0865. The van der Waals surface area contributed by atoms with E-state index in [2.05, 4.69) is 10.2 Å². The van der Waals surface area contributed by atoms with Crippen LogP contribution in [0.5, 0.6) is 5.75 Å². The van der Waals surface area contributed by atoms with Crippen LogP contribution in [0.15, 0.2) is 36.4 Å². The monoisotopic (exact) mass is 512 g/mol. The van der Waals surface area contributed by atoms with Crippen LogP contribution < -0.4 is 9.75 Å². The SMILES string of the molecule is Cl.O=C(c1[nH]nc2c1COc1c(Cl)cccc1-2)N(c1ccc(Cl)cc1Cl)N1CCCCC1. The zero-order chi connectivity index (χ0) is 21.5. The smallest absolute Gasteiger partial charge is 0.291 e. The van der Waals surface area contributed by atoms with Gasteiger partial charge in [-0.1, -0.05) is 47.3 Å². The Morgan fingerprint density at radius 1 is 1.06 bits per heavy atom. The summed E-state index contributed by atoms with van der Waals surface area (Å²) in [5.41, 5.74) is 3.09. The second kappa shape index (κ2) is 9.49. The Bertz CT molecular complexity index is 1160. The lowest BCUT2D eigenvalue weighted by Crippen LogP contribution is -2.49. The van der Waals surface area contributed by atoms with Crippen molar-refractivity contribution in [3.8, 4) is 17.0 Å². The molecule has 1 saturated heterocycles. The Morgan fingerprint density at radius 2 is 1.84 bits per heavy atom. The second-order valence-electron chi connectivity index (χ2n) is 7.56. The topological polar surface area (TPSA) is 61.5 Å². The molecular weight excluding hydrogens is 494 g/mol. The Morgan fingerprint density at radius 3 is 2.59 bits per heavy atom. The first-order chi connectivity index (χ1) is 15.0. The molecule has 5 rings (SSSR count). The molecule has 10 heteroatoms. The van der Waals surface area contributed by atoms with Crippen molar-refractivity contribution < 1.29 is 9.53 Å². The molecule has 3 aromatic rings. The molecule has 1 amide bonds. The van der Waals surface area contributed by atoms with E-state index < -0.39 is 0 Å².